The van der Waals surface area contributed by atoms with Crippen molar-refractivity contribution in [1.29, 1.82) is 0 Å². The standard InChI is InChI=1S/C16H19Cl2N5/c17-12-3-1-2-11(14(12)18)15-16(20)22-13(9-21-15)23-6-4-10(8-19)5-7-23/h1-3,9-10H,4-8,19H2,(H2,20,22). The second kappa shape index (κ2) is 6.91. The zero-order chi connectivity index (χ0) is 16.4. The molecule has 5 nitrogen and oxygen atoms in total. The Bertz CT molecular complexity index is 699. The molecule has 0 bridgehead atoms. The van der Waals surface area contributed by atoms with Crippen LogP contribution in [0.1, 0.15) is 12.8 Å². The van der Waals surface area contributed by atoms with E-state index < -0.39 is 0 Å². The lowest BCUT2D eigenvalue weighted by atomic mass is 9.97. The summed E-state index contributed by atoms with van der Waals surface area (Å²) in [4.78, 5) is 11.2. The van der Waals surface area contributed by atoms with Crippen LogP contribution in [-0.4, -0.2) is 29.6 Å². The molecule has 0 atom stereocenters. The van der Waals surface area contributed by atoms with Crippen LogP contribution in [0.5, 0.6) is 0 Å². The first kappa shape index (κ1) is 16.3. The van der Waals surface area contributed by atoms with Crippen molar-refractivity contribution in [3.63, 3.8) is 0 Å². The van der Waals surface area contributed by atoms with Crippen molar-refractivity contribution in [3.05, 3.63) is 34.4 Å². The van der Waals surface area contributed by atoms with Gasteiger partial charge in [-0.1, -0.05) is 35.3 Å². The molecule has 3 rings (SSSR count). The van der Waals surface area contributed by atoms with E-state index in [2.05, 4.69) is 14.9 Å². The average Bonchev–Trinajstić information content (AvgIpc) is 2.58. The maximum Gasteiger partial charge on any atom is 0.152 e. The normalized spacial score (nSPS) is 15.9. The molecule has 1 fully saturated rings. The van der Waals surface area contributed by atoms with Crippen LogP contribution in [0, 0.1) is 5.92 Å². The summed E-state index contributed by atoms with van der Waals surface area (Å²) in [5, 5.41) is 0.907. The lowest BCUT2D eigenvalue weighted by molar-refractivity contribution is 0.413. The summed E-state index contributed by atoms with van der Waals surface area (Å²) in [5.74, 6) is 1.74. The Kier molecular flexibility index (Phi) is 4.90. The molecule has 0 radical (unpaired) electrons. The van der Waals surface area contributed by atoms with Crippen molar-refractivity contribution in [2.75, 3.05) is 30.3 Å². The lowest BCUT2D eigenvalue weighted by Crippen LogP contribution is -2.36. The van der Waals surface area contributed by atoms with Gasteiger partial charge in [-0.3, -0.25) is 0 Å². The molecule has 1 aliphatic rings. The molecule has 7 heteroatoms. The molecule has 1 aromatic carbocycles. The van der Waals surface area contributed by atoms with Crippen LogP contribution in [0.15, 0.2) is 24.4 Å². The molecule has 0 spiro atoms. The van der Waals surface area contributed by atoms with Crippen LogP contribution < -0.4 is 16.4 Å². The number of nitrogen functional groups attached to an aromatic ring is 1. The van der Waals surface area contributed by atoms with E-state index >= 15 is 0 Å². The topological polar surface area (TPSA) is 81.1 Å². The fourth-order valence-corrected chi connectivity index (χ4v) is 3.23. The summed E-state index contributed by atoms with van der Waals surface area (Å²) in [6.07, 6.45) is 3.88. The molecule has 0 saturated carbocycles. The summed E-state index contributed by atoms with van der Waals surface area (Å²) in [6.45, 7) is 2.59. The number of piperidine rings is 1. The summed E-state index contributed by atoms with van der Waals surface area (Å²) < 4.78 is 0. The Balaban J connectivity index is 1.85. The Morgan fingerprint density at radius 3 is 2.61 bits per heavy atom. The van der Waals surface area contributed by atoms with Crippen LogP contribution in [0.25, 0.3) is 11.3 Å². The van der Waals surface area contributed by atoms with E-state index in [0.29, 0.717) is 33.0 Å². The van der Waals surface area contributed by atoms with E-state index in [-0.39, 0.29) is 0 Å². The molecule has 0 aliphatic carbocycles. The largest absolute Gasteiger partial charge is 0.382 e. The predicted molar refractivity (Wildman–Crippen MR) is 95.9 cm³/mol. The highest BCUT2D eigenvalue weighted by atomic mass is 35.5. The summed E-state index contributed by atoms with van der Waals surface area (Å²) >= 11 is 12.3. The van der Waals surface area contributed by atoms with Crippen molar-refractivity contribution in [2.24, 2.45) is 11.7 Å². The van der Waals surface area contributed by atoms with Crippen LogP contribution in [0.3, 0.4) is 0 Å². The maximum absolute atomic E-state index is 6.24. The van der Waals surface area contributed by atoms with Crippen molar-refractivity contribution in [1.82, 2.24) is 9.97 Å². The van der Waals surface area contributed by atoms with E-state index in [1.54, 1.807) is 12.3 Å². The van der Waals surface area contributed by atoms with Gasteiger partial charge in [0.15, 0.2) is 5.82 Å². The maximum atomic E-state index is 6.24. The van der Waals surface area contributed by atoms with Crippen molar-refractivity contribution < 1.29 is 0 Å². The van der Waals surface area contributed by atoms with Gasteiger partial charge in [0.05, 0.1) is 16.2 Å². The van der Waals surface area contributed by atoms with Gasteiger partial charge in [-0.15, -0.1) is 0 Å². The first-order chi connectivity index (χ1) is 11.1. The summed E-state index contributed by atoms with van der Waals surface area (Å²) in [7, 11) is 0. The van der Waals surface area contributed by atoms with Gasteiger partial charge in [-0.2, -0.15) is 0 Å². The molecule has 23 heavy (non-hydrogen) atoms. The fourth-order valence-electron chi connectivity index (χ4n) is 2.84. The van der Waals surface area contributed by atoms with E-state index in [1.807, 2.05) is 12.1 Å². The number of halogens is 2. The van der Waals surface area contributed by atoms with Gasteiger partial charge in [0.2, 0.25) is 0 Å². The third kappa shape index (κ3) is 3.37. The zero-order valence-electron chi connectivity index (χ0n) is 12.7. The molecule has 0 unspecified atom stereocenters. The minimum Gasteiger partial charge on any atom is -0.382 e. The summed E-state index contributed by atoms with van der Waals surface area (Å²) in [5.41, 5.74) is 13.1. The molecule has 122 valence electrons. The van der Waals surface area contributed by atoms with Crippen LogP contribution in [-0.2, 0) is 0 Å². The smallest absolute Gasteiger partial charge is 0.152 e. The van der Waals surface area contributed by atoms with E-state index in [9.17, 15) is 0 Å². The lowest BCUT2D eigenvalue weighted by Gasteiger charge is -2.32. The van der Waals surface area contributed by atoms with Crippen LogP contribution >= 0.6 is 23.2 Å². The highest BCUT2D eigenvalue weighted by Crippen LogP contribution is 2.35. The Morgan fingerprint density at radius 2 is 1.96 bits per heavy atom. The first-order valence-electron chi connectivity index (χ1n) is 7.62. The van der Waals surface area contributed by atoms with Crippen molar-refractivity contribution in [3.8, 4) is 11.3 Å². The molecular weight excluding hydrogens is 333 g/mol. The van der Waals surface area contributed by atoms with E-state index in [1.165, 1.54) is 0 Å². The average molecular weight is 352 g/mol. The quantitative estimate of drug-likeness (QED) is 0.887. The molecular formula is C16H19Cl2N5. The summed E-state index contributed by atoms with van der Waals surface area (Å²) in [6, 6.07) is 5.38. The molecule has 2 heterocycles. The number of aromatic nitrogens is 2. The number of anilines is 2. The number of benzene rings is 1. The monoisotopic (exact) mass is 351 g/mol. The van der Waals surface area contributed by atoms with Gasteiger partial charge in [0.25, 0.3) is 0 Å². The molecule has 4 N–H and O–H groups in total. The number of rotatable bonds is 3. The van der Waals surface area contributed by atoms with Crippen molar-refractivity contribution >= 4 is 34.8 Å². The highest BCUT2D eigenvalue weighted by Gasteiger charge is 2.20. The number of hydrogen-bond acceptors (Lipinski definition) is 5. The first-order valence-corrected chi connectivity index (χ1v) is 8.37. The third-order valence-corrected chi connectivity index (χ3v) is 5.08. The SMILES string of the molecule is NCC1CCN(c2cnc(-c3cccc(Cl)c3Cl)c(N)n2)CC1. The minimum absolute atomic E-state index is 0.354. The van der Waals surface area contributed by atoms with Crippen LogP contribution in [0.2, 0.25) is 10.0 Å². The minimum atomic E-state index is 0.354. The molecule has 1 aromatic heterocycles. The fraction of sp³-hybridized carbons (Fsp3) is 0.375. The number of hydrogen-bond donors (Lipinski definition) is 2. The molecule has 2 aromatic rings. The van der Waals surface area contributed by atoms with E-state index in [0.717, 1.165) is 38.3 Å². The highest BCUT2D eigenvalue weighted by molar-refractivity contribution is 6.43. The Hall–Kier alpha value is -1.56. The molecule has 1 aliphatic heterocycles. The van der Waals surface area contributed by atoms with Gasteiger partial charge in [0.1, 0.15) is 11.5 Å². The van der Waals surface area contributed by atoms with E-state index in [4.69, 9.17) is 34.7 Å². The number of nitrogens with zero attached hydrogens (tertiary/aromatic N) is 3. The molecule has 0 amide bonds. The second-order valence-corrected chi connectivity index (χ2v) is 6.51. The van der Waals surface area contributed by atoms with Crippen molar-refractivity contribution in [2.45, 2.75) is 12.8 Å². The molecule has 1 saturated heterocycles. The predicted octanol–water partition coefficient (Wildman–Crippen LogP) is 3.21. The van der Waals surface area contributed by atoms with Gasteiger partial charge < -0.3 is 16.4 Å². The Labute approximate surface area is 145 Å². The third-order valence-electron chi connectivity index (χ3n) is 4.27. The van der Waals surface area contributed by atoms with Crippen LogP contribution in [0.4, 0.5) is 11.6 Å². The zero-order valence-corrected chi connectivity index (χ0v) is 14.2. The van der Waals surface area contributed by atoms with Gasteiger partial charge >= 0.3 is 0 Å². The van der Waals surface area contributed by atoms with Gasteiger partial charge in [-0.05, 0) is 31.4 Å². The second-order valence-electron chi connectivity index (χ2n) is 5.73. The van der Waals surface area contributed by atoms with Gasteiger partial charge in [-0.25, -0.2) is 9.97 Å². The van der Waals surface area contributed by atoms with Gasteiger partial charge in [0, 0.05) is 18.7 Å². The number of nitrogens with two attached hydrogens (primary N) is 2. The Morgan fingerprint density at radius 1 is 1.22 bits per heavy atom.